The SMILES string of the molecule is [Ti].c1ccc2c(c1)ccc1ccccc12.c1ccccc1. The van der Waals surface area contributed by atoms with E-state index in [1.807, 2.05) is 36.4 Å². The fourth-order valence-corrected chi connectivity index (χ4v) is 2.34. The molecule has 0 saturated heterocycles. The molecule has 0 atom stereocenters. The normalized spacial score (nSPS) is 9.52. The summed E-state index contributed by atoms with van der Waals surface area (Å²) >= 11 is 0. The molecule has 0 unspecified atom stereocenters. The Morgan fingerprint density at radius 2 is 0.667 bits per heavy atom. The van der Waals surface area contributed by atoms with E-state index in [0.717, 1.165) is 0 Å². The van der Waals surface area contributed by atoms with Crippen molar-refractivity contribution in [3.8, 4) is 0 Å². The fourth-order valence-electron chi connectivity index (χ4n) is 2.34. The van der Waals surface area contributed by atoms with E-state index in [4.69, 9.17) is 0 Å². The summed E-state index contributed by atoms with van der Waals surface area (Å²) in [6, 6.07) is 33.4. The number of hydrogen-bond donors (Lipinski definition) is 0. The Labute approximate surface area is 140 Å². The molecule has 0 aliphatic carbocycles. The molecule has 0 bridgehead atoms. The Morgan fingerprint density at radius 1 is 0.333 bits per heavy atom. The molecule has 0 nitrogen and oxygen atoms in total. The van der Waals surface area contributed by atoms with Crippen LogP contribution in [0.2, 0.25) is 0 Å². The molecule has 0 saturated carbocycles. The summed E-state index contributed by atoms with van der Waals surface area (Å²) in [4.78, 5) is 0. The molecule has 4 aromatic carbocycles. The number of benzene rings is 4. The molecule has 0 aromatic heterocycles. The first-order valence-electron chi connectivity index (χ1n) is 6.82. The quantitative estimate of drug-likeness (QED) is 0.290. The van der Waals surface area contributed by atoms with Gasteiger partial charge >= 0.3 is 0 Å². The molecule has 0 heterocycles. The molecular weight excluding hydrogens is 288 g/mol. The van der Waals surface area contributed by atoms with Crippen LogP contribution in [-0.2, 0) is 21.7 Å². The van der Waals surface area contributed by atoms with Crippen molar-refractivity contribution in [2.24, 2.45) is 0 Å². The van der Waals surface area contributed by atoms with Gasteiger partial charge in [0.2, 0.25) is 0 Å². The monoisotopic (exact) mass is 304 g/mol. The molecule has 0 spiro atoms. The molecule has 0 aliphatic rings. The van der Waals surface area contributed by atoms with Crippen LogP contribution < -0.4 is 0 Å². The molecule has 0 aliphatic heterocycles. The van der Waals surface area contributed by atoms with E-state index in [1.54, 1.807) is 0 Å². The number of hydrogen-bond acceptors (Lipinski definition) is 0. The summed E-state index contributed by atoms with van der Waals surface area (Å²) in [6.07, 6.45) is 0. The van der Waals surface area contributed by atoms with Crippen LogP contribution in [-0.4, -0.2) is 0 Å². The van der Waals surface area contributed by atoms with Crippen molar-refractivity contribution in [1.82, 2.24) is 0 Å². The average Bonchev–Trinajstić information content (AvgIpc) is 2.57. The molecule has 100 valence electrons. The molecule has 1 heteroatoms. The van der Waals surface area contributed by atoms with E-state index in [0.29, 0.717) is 0 Å². The third-order valence-electron chi connectivity index (χ3n) is 3.32. The summed E-state index contributed by atoms with van der Waals surface area (Å²) in [7, 11) is 0. The van der Waals surface area contributed by atoms with Crippen LogP contribution in [0, 0.1) is 0 Å². The maximum Gasteiger partial charge on any atom is 0 e. The van der Waals surface area contributed by atoms with Crippen LogP contribution in [0.25, 0.3) is 21.5 Å². The molecule has 0 N–H and O–H groups in total. The summed E-state index contributed by atoms with van der Waals surface area (Å²) in [6.45, 7) is 0. The Balaban J connectivity index is 0.000000197. The predicted molar refractivity (Wildman–Crippen MR) is 87.9 cm³/mol. The third-order valence-corrected chi connectivity index (χ3v) is 3.32. The standard InChI is InChI=1S/C14H10.C6H6.Ti/c1-3-7-13-11(5-1)9-10-12-6-2-4-8-14(12)13;1-2-4-6-5-3-1;/h1-10H;1-6H;. The molecule has 0 amide bonds. The fraction of sp³-hybridized carbons (Fsp3) is 0. The minimum absolute atomic E-state index is 0. The van der Waals surface area contributed by atoms with Crippen molar-refractivity contribution in [1.29, 1.82) is 0 Å². The maximum absolute atomic E-state index is 2.18. The molecule has 4 aromatic rings. The van der Waals surface area contributed by atoms with Gasteiger partial charge in [-0.15, -0.1) is 0 Å². The first-order chi connectivity index (χ1) is 9.95. The van der Waals surface area contributed by atoms with Crippen LogP contribution in [0.3, 0.4) is 0 Å². The van der Waals surface area contributed by atoms with E-state index in [9.17, 15) is 0 Å². The summed E-state index contributed by atoms with van der Waals surface area (Å²) in [5.74, 6) is 0. The summed E-state index contributed by atoms with van der Waals surface area (Å²) in [5, 5.41) is 5.30. The zero-order valence-corrected chi connectivity index (χ0v) is 13.3. The molecule has 4 rings (SSSR count). The van der Waals surface area contributed by atoms with Gasteiger partial charge in [-0.1, -0.05) is 97.1 Å². The average molecular weight is 304 g/mol. The Hall–Kier alpha value is -1.89. The van der Waals surface area contributed by atoms with E-state index in [2.05, 4.69) is 60.7 Å². The summed E-state index contributed by atoms with van der Waals surface area (Å²) in [5.41, 5.74) is 0. The summed E-state index contributed by atoms with van der Waals surface area (Å²) < 4.78 is 0. The zero-order chi connectivity index (χ0) is 13.6. The van der Waals surface area contributed by atoms with Gasteiger partial charge in [-0.25, -0.2) is 0 Å². The van der Waals surface area contributed by atoms with Gasteiger partial charge in [0.15, 0.2) is 0 Å². The van der Waals surface area contributed by atoms with Gasteiger partial charge < -0.3 is 0 Å². The van der Waals surface area contributed by atoms with Gasteiger partial charge in [-0.05, 0) is 21.5 Å². The van der Waals surface area contributed by atoms with Crippen LogP contribution in [0.4, 0.5) is 0 Å². The van der Waals surface area contributed by atoms with Gasteiger partial charge in [-0.3, -0.25) is 0 Å². The van der Waals surface area contributed by atoms with Crippen LogP contribution in [0.15, 0.2) is 97.1 Å². The minimum atomic E-state index is 0. The number of fused-ring (bicyclic) bond motifs is 3. The second-order valence-electron chi connectivity index (χ2n) is 4.66. The van der Waals surface area contributed by atoms with Gasteiger partial charge in [0.1, 0.15) is 0 Å². The second kappa shape index (κ2) is 7.78. The van der Waals surface area contributed by atoms with Crippen LogP contribution in [0.5, 0.6) is 0 Å². The Bertz CT molecular complexity index is 725. The van der Waals surface area contributed by atoms with Crippen molar-refractivity contribution in [3.05, 3.63) is 97.1 Å². The maximum atomic E-state index is 2.18. The van der Waals surface area contributed by atoms with Gasteiger partial charge in [0.25, 0.3) is 0 Å². The van der Waals surface area contributed by atoms with Gasteiger partial charge in [-0.2, -0.15) is 0 Å². The van der Waals surface area contributed by atoms with Gasteiger partial charge in [0, 0.05) is 21.7 Å². The first kappa shape index (κ1) is 15.5. The van der Waals surface area contributed by atoms with Gasteiger partial charge in [0.05, 0.1) is 0 Å². The van der Waals surface area contributed by atoms with E-state index >= 15 is 0 Å². The van der Waals surface area contributed by atoms with Crippen LogP contribution >= 0.6 is 0 Å². The molecular formula is C20H16Ti. The van der Waals surface area contributed by atoms with E-state index < -0.39 is 0 Å². The van der Waals surface area contributed by atoms with Crippen molar-refractivity contribution in [3.63, 3.8) is 0 Å². The minimum Gasteiger partial charge on any atom is -0.0623 e. The van der Waals surface area contributed by atoms with E-state index in [-0.39, 0.29) is 21.7 Å². The topological polar surface area (TPSA) is 0 Å². The second-order valence-corrected chi connectivity index (χ2v) is 4.66. The van der Waals surface area contributed by atoms with Crippen LogP contribution in [0.1, 0.15) is 0 Å². The largest absolute Gasteiger partial charge is 0.0623 e. The zero-order valence-electron chi connectivity index (χ0n) is 11.7. The van der Waals surface area contributed by atoms with Crippen molar-refractivity contribution < 1.29 is 21.7 Å². The predicted octanol–water partition coefficient (Wildman–Crippen LogP) is 5.68. The molecule has 21 heavy (non-hydrogen) atoms. The van der Waals surface area contributed by atoms with Crippen molar-refractivity contribution in [2.75, 3.05) is 0 Å². The number of rotatable bonds is 0. The Kier molecular flexibility index (Phi) is 5.74. The van der Waals surface area contributed by atoms with Crippen molar-refractivity contribution in [2.45, 2.75) is 0 Å². The Morgan fingerprint density at radius 3 is 1.05 bits per heavy atom. The molecule has 0 fully saturated rings. The molecule has 0 radical (unpaired) electrons. The smallest absolute Gasteiger partial charge is 0 e. The first-order valence-corrected chi connectivity index (χ1v) is 6.82. The van der Waals surface area contributed by atoms with Crippen molar-refractivity contribution >= 4 is 21.5 Å². The van der Waals surface area contributed by atoms with E-state index in [1.165, 1.54) is 21.5 Å². The third kappa shape index (κ3) is 3.81.